The third-order valence-corrected chi connectivity index (χ3v) is 6.86. The second-order valence-electron chi connectivity index (χ2n) is 7.00. The monoisotopic (exact) mass is 454 g/mol. The molecule has 160 valence electrons. The highest BCUT2D eigenvalue weighted by molar-refractivity contribution is 7.91. The van der Waals surface area contributed by atoms with Crippen LogP contribution >= 0.6 is 0 Å². The van der Waals surface area contributed by atoms with E-state index in [9.17, 15) is 21.6 Å². The van der Waals surface area contributed by atoms with Crippen molar-refractivity contribution in [2.45, 2.75) is 22.0 Å². The molecule has 11 heteroatoms. The number of rotatable bonds is 4. The van der Waals surface area contributed by atoms with Gasteiger partial charge in [0.15, 0.2) is 54.9 Å². The number of sulfone groups is 2. The van der Waals surface area contributed by atoms with Crippen molar-refractivity contribution in [3.05, 3.63) is 36.4 Å². The molecule has 0 saturated carbocycles. The third-order valence-electron chi connectivity index (χ3n) is 4.64. The summed E-state index contributed by atoms with van der Waals surface area (Å²) in [6, 6.07) is 8.32. The molecule has 0 bridgehead atoms. The van der Waals surface area contributed by atoms with Gasteiger partial charge in [0.1, 0.15) is 13.2 Å². The van der Waals surface area contributed by atoms with E-state index in [1.165, 1.54) is 36.4 Å². The molecule has 0 fully saturated rings. The number of ether oxygens (including phenoxy) is 4. The van der Waals surface area contributed by atoms with Crippen molar-refractivity contribution in [3.63, 3.8) is 0 Å². The maximum absolute atomic E-state index is 12.8. The van der Waals surface area contributed by atoms with Gasteiger partial charge in [-0.3, -0.25) is 4.79 Å². The molecule has 2 aromatic carbocycles. The highest BCUT2D eigenvalue weighted by atomic mass is 32.2. The van der Waals surface area contributed by atoms with Gasteiger partial charge in [-0.2, -0.15) is 0 Å². The van der Waals surface area contributed by atoms with Crippen LogP contribution in [0.3, 0.4) is 0 Å². The first-order chi connectivity index (χ1) is 14.0. The number of hydrogen-bond donors (Lipinski definition) is 0. The number of Topliss-reactive ketones (excluding diaryl/α,β-unsaturated/α-hetero) is 1. The average Bonchev–Trinajstić information content (AvgIpc) is 2.70. The summed E-state index contributed by atoms with van der Waals surface area (Å²) in [6.45, 7) is -0.225. The van der Waals surface area contributed by atoms with E-state index < -0.39 is 37.7 Å². The number of benzene rings is 2. The summed E-state index contributed by atoms with van der Waals surface area (Å²) in [6.07, 6.45) is 0.239. The van der Waals surface area contributed by atoms with Crippen LogP contribution in [0.4, 0.5) is 0 Å². The van der Waals surface area contributed by atoms with Crippen molar-refractivity contribution >= 4 is 25.5 Å². The van der Waals surface area contributed by atoms with Crippen LogP contribution in [-0.4, -0.2) is 60.6 Å². The molecule has 2 aliphatic rings. The van der Waals surface area contributed by atoms with Crippen molar-refractivity contribution < 1.29 is 40.6 Å². The first-order valence-electron chi connectivity index (χ1n) is 8.83. The Morgan fingerprint density at radius 1 is 0.733 bits per heavy atom. The second-order valence-corrected chi connectivity index (χ2v) is 11.0. The van der Waals surface area contributed by atoms with Gasteiger partial charge in [0.05, 0.1) is 9.79 Å². The number of hydrogen-bond acceptors (Lipinski definition) is 9. The number of ketones is 1. The maximum atomic E-state index is 12.8. The summed E-state index contributed by atoms with van der Waals surface area (Å²) in [5.74, 6) is 0.567. The predicted molar refractivity (Wildman–Crippen MR) is 104 cm³/mol. The lowest BCUT2D eigenvalue weighted by atomic mass is 10.1. The molecule has 0 aromatic heterocycles. The van der Waals surface area contributed by atoms with E-state index >= 15 is 0 Å². The van der Waals surface area contributed by atoms with E-state index in [0.29, 0.717) is 0 Å². The summed E-state index contributed by atoms with van der Waals surface area (Å²) in [5, 5.41) is 0. The summed E-state index contributed by atoms with van der Waals surface area (Å²) in [7, 11) is -6.80. The van der Waals surface area contributed by atoms with E-state index in [-0.39, 0.29) is 46.0 Å². The van der Waals surface area contributed by atoms with Crippen molar-refractivity contribution in [1.29, 1.82) is 0 Å². The SMILES string of the molecule is CS(=O)(=O)c1ccc2c(c1)OCC(C(=O)C1COc3cc(S(C)(=O)=O)ccc3O1)O2. The zero-order valence-corrected chi connectivity index (χ0v) is 17.7. The van der Waals surface area contributed by atoms with Crippen LogP contribution in [0.25, 0.3) is 0 Å². The molecule has 0 amide bonds. The minimum atomic E-state index is -3.40. The molecule has 0 saturated heterocycles. The topological polar surface area (TPSA) is 122 Å². The molecule has 0 spiro atoms. The van der Waals surface area contributed by atoms with E-state index in [1.54, 1.807) is 0 Å². The Kier molecular flexibility index (Phi) is 4.89. The Bertz CT molecular complexity index is 1140. The minimum absolute atomic E-state index is 0.0868. The van der Waals surface area contributed by atoms with Gasteiger partial charge in [0, 0.05) is 24.6 Å². The molecule has 0 radical (unpaired) electrons. The summed E-state index contributed by atoms with van der Waals surface area (Å²) in [4.78, 5) is 13.0. The van der Waals surface area contributed by atoms with Crippen molar-refractivity contribution in [2.24, 2.45) is 0 Å². The van der Waals surface area contributed by atoms with Crippen LogP contribution in [0.15, 0.2) is 46.2 Å². The molecule has 0 N–H and O–H groups in total. The van der Waals surface area contributed by atoms with Gasteiger partial charge in [-0.05, 0) is 24.3 Å². The Labute approximate surface area is 173 Å². The minimum Gasteiger partial charge on any atom is -0.485 e. The van der Waals surface area contributed by atoms with Gasteiger partial charge in [0.25, 0.3) is 0 Å². The van der Waals surface area contributed by atoms with E-state index in [4.69, 9.17) is 18.9 Å². The lowest BCUT2D eigenvalue weighted by Crippen LogP contribution is -2.48. The quantitative estimate of drug-likeness (QED) is 0.667. The summed E-state index contributed by atoms with van der Waals surface area (Å²) >= 11 is 0. The fourth-order valence-corrected chi connectivity index (χ4v) is 4.32. The van der Waals surface area contributed by atoms with E-state index in [2.05, 4.69) is 0 Å². The van der Waals surface area contributed by atoms with Gasteiger partial charge in [0.2, 0.25) is 5.78 Å². The summed E-state index contributed by atoms with van der Waals surface area (Å²) in [5.41, 5.74) is 0. The number of carbonyl (C=O) groups is 1. The molecule has 9 nitrogen and oxygen atoms in total. The van der Waals surface area contributed by atoms with Gasteiger partial charge >= 0.3 is 0 Å². The second kappa shape index (κ2) is 7.17. The van der Waals surface area contributed by atoms with Crippen LogP contribution in [0.2, 0.25) is 0 Å². The van der Waals surface area contributed by atoms with Crippen molar-refractivity contribution in [3.8, 4) is 23.0 Å². The van der Waals surface area contributed by atoms with Crippen molar-refractivity contribution in [1.82, 2.24) is 0 Å². The fraction of sp³-hybridized carbons (Fsp3) is 0.316. The number of carbonyl (C=O) groups excluding carboxylic acids is 1. The molecular weight excluding hydrogens is 436 g/mol. The predicted octanol–water partition coefficient (Wildman–Crippen LogP) is 1.04. The van der Waals surface area contributed by atoms with Gasteiger partial charge < -0.3 is 18.9 Å². The molecule has 4 rings (SSSR count). The summed E-state index contributed by atoms with van der Waals surface area (Å²) < 4.78 is 69.1. The van der Waals surface area contributed by atoms with E-state index in [0.717, 1.165) is 12.5 Å². The van der Waals surface area contributed by atoms with Gasteiger partial charge in [-0.15, -0.1) is 0 Å². The number of fused-ring (bicyclic) bond motifs is 2. The molecule has 2 unspecified atom stereocenters. The highest BCUT2D eigenvalue weighted by Crippen LogP contribution is 2.36. The molecule has 0 aliphatic carbocycles. The normalized spacial score (nSPS) is 20.5. The highest BCUT2D eigenvalue weighted by Gasteiger charge is 2.37. The zero-order chi connectivity index (χ0) is 21.7. The lowest BCUT2D eigenvalue weighted by molar-refractivity contribution is -0.137. The first-order valence-corrected chi connectivity index (χ1v) is 12.6. The molecule has 2 aliphatic heterocycles. The van der Waals surface area contributed by atoms with Crippen LogP contribution in [0.5, 0.6) is 23.0 Å². The third kappa shape index (κ3) is 3.94. The van der Waals surface area contributed by atoms with Gasteiger partial charge in [-0.1, -0.05) is 0 Å². The maximum Gasteiger partial charge on any atom is 0.220 e. The largest absolute Gasteiger partial charge is 0.485 e. The van der Waals surface area contributed by atoms with Gasteiger partial charge in [-0.25, -0.2) is 16.8 Å². The molecule has 2 aromatic rings. The molecule has 30 heavy (non-hydrogen) atoms. The average molecular weight is 454 g/mol. The lowest BCUT2D eigenvalue weighted by Gasteiger charge is -2.31. The standard InChI is InChI=1S/C19H18O9S2/c1-29(21,22)11-3-5-13-15(7-11)25-9-17(27-13)19(20)18-10-26-16-8-12(30(2,23)24)4-6-14(16)28-18/h3-8,17-18H,9-10H2,1-2H3. The molecule has 2 atom stereocenters. The van der Waals surface area contributed by atoms with Crippen LogP contribution in [0.1, 0.15) is 0 Å². The molecular formula is C19H18O9S2. The smallest absolute Gasteiger partial charge is 0.220 e. The van der Waals surface area contributed by atoms with E-state index in [1.807, 2.05) is 0 Å². The Balaban J connectivity index is 1.49. The van der Waals surface area contributed by atoms with Crippen LogP contribution in [0, 0.1) is 0 Å². The fourth-order valence-electron chi connectivity index (χ4n) is 3.05. The molecule has 2 heterocycles. The Morgan fingerprint density at radius 3 is 1.50 bits per heavy atom. The zero-order valence-electron chi connectivity index (χ0n) is 16.0. The Hall–Kier alpha value is -2.79. The Morgan fingerprint density at radius 2 is 1.13 bits per heavy atom. The first kappa shape index (κ1) is 20.5. The van der Waals surface area contributed by atoms with Crippen LogP contribution < -0.4 is 18.9 Å². The van der Waals surface area contributed by atoms with Crippen molar-refractivity contribution in [2.75, 3.05) is 25.7 Å². The van der Waals surface area contributed by atoms with Crippen LogP contribution in [-0.2, 0) is 24.5 Å².